The summed E-state index contributed by atoms with van der Waals surface area (Å²) in [6.45, 7) is 6.51. The fraction of sp³-hybridized carbons (Fsp3) is 0.675. The number of carbonyl (C=O) groups excluding carboxylic acids is 3. The van der Waals surface area contributed by atoms with Crippen LogP contribution >= 0.6 is 0 Å². The van der Waals surface area contributed by atoms with E-state index in [0.29, 0.717) is 19.3 Å². The molecule has 0 aromatic heterocycles. The van der Waals surface area contributed by atoms with Gasteiger partial charge in [0.05, 0.1) is 0 Å². The zero-order chi connectivity index (χ0) is 59.9. The third-order valence-electron chi connectivity index (χ3n) is 14.6. The summed E-state index contributed by atoms with van der Waals surface area (Å²) < 4.78 is 16.9. The zero-order valence-electron chi connectivity index (χ0n) is 54.2. The second-order valence-corrected chi connectivity index (χ2v) is 22.7. The van der Waals surface area contributed by atoms with Crippen molar-refractivity contribution in [2.75, 3.05) is 13.2 Å². The van der Waals surface area contributed by atoms with Crippen LogP contribution in [-0.4, -0.2) is 37.2 Å². The van der Waals surface area contributed by atoms with E-state index in [-0.39, 0.29) is 31.1 Å². The summed E-state index contributed by atoms with van der Waals surface area (Å²) in [5.41, 5.74) is 0. The normalized spacial score (nSPS) is 13.0. The van der Waals surface area contributed by atoms with Crippen LogP contribution in [0.1, 0.15) is 316 Å². The molecule has 0 saturated carbocycles. The Balaban J connectivity index is 4.32. The van der Waals surface area contributed by atoms with Gasteiger partial charge in [-0.05, 0) is 122 Å². The van der Waals surface area contributed by atoms with Gasteiger partial charge in [-0.2, -0.15) is 0 Å². The zero-order valence-corrected chi connectivity index (χ0v) is 54.2. The summed E-state index contributed by atoms with van der Waals surface area (Å²) in [6.07, 6.45) is 98.9. The molecular weight excluding hydrogens is 1020 g/mol. The first kappa shape index (κ1) is 78.5. The molecule has 0 N–H and O–H groups in total. The monoisotopic (exact) mass is 1150 g/mol. The lowest BCUT2D eigenvalue weighted by Gasteiger charge is -2.18. The van der Waals surface area contributed by atoms with E-state index in [1.807, 2.05) is 0 Å². The fourth-order valence-corrected chi connectivity index (χ4v) is 9.47. The smallest absolute Gasteiger partial charge is 0.306 e. The first-order valence-corrected chi connectivity index (χ1v) is 34.7. The van der Waals surface area contributed by atoms with Crippen LogP contribution in [-0.2, 0) is 28.6 Å². The molecule has 0 aromatic carbocycles. The maximum Gasteiger partial charge on any atom is 0.306 e. The minimum absolute atomic E-state index is 0.0864. The SMILES string of the molecule is CC/C=C\C/C=C\C/C=C\C/C=C\C/C=C\C/C=C\C/C=C\C/C=C\CCCCCCCCC(=O)OCC(COC(=O)CCCCCCCCCCCCC)OC(=O)CCCCCCCCCC/C=C\C/C=C\C/C=C\CCCCCCC. The molecule has 0 radical (unpaired) electrons. The molecule has 0 aromatic rings. The summed E-state index contributed by atoms with van der Waals surface area (Å²) in [5.74, 6) is -0.903. The molecule has 472 valence electrons. The maximum atomic E-state index is 12.9. The number of hydrogen-bond donors (Lipinski definition) is 0. The first-order chi connectivity index (χ1) is 41.0. The van der Waals surface area contributed by atoms with Crippen LogP contribution in [0, 0.1) is 0 Å². The van der Waals surface area contributed by atoms with Gasteiger partial charge in [-0.3, -0.25) is 14.4 Å². The number of esters is 3. The molecule has 83 heavy (non-hydrogen) atoms. The van der Waals surface area contributed by atoms with Crippen molar-refractivity contribution < 1.29 is 28.6 Å². The molecule has 0 aliphatic rings. The molecule has 0 bridgehead atoms. The molecule has 0 heterocycles. The van der Waals surface area contributed by atoms with Crippen molar-refractivity contribution >= 4 is 17.9 Å². The Morgan fingerprint density at radius 3 is 0.735 bits per heavy atom. The van der Waals surface area contributed by atoms with Crippen molar-refractivity contribution in [1.29, 1.82) is 0 Å². The average Bonchev–Trinajstić information content (AvgIpc) is 3.48. The van der Waals surface area contributed by atoms with Crippen LogP contribution in [0.3, 0.4) is 0 Å². The topological polar surface area (TPSA) is 78.9 Å². The minimum Gasteiger partial charge on any atom is -0.462 e. The molecule has 1 unspecified atom stereocenters. The van der Waals surface area contributed by atoms with Crippen LogP contribution in [0.15, 0.2) is 134 Å². The number of ether oxygens (including phenoxy) is 3. The molecule has 0 spiro atoms. The van der Waals surface area contributed by atoms with Gasteiger partial charge in [-0.25, -0.2) is 0 Å². The van der Waals surface area contributed by atoms with Crippen LogP contribution < -0.4 is 0 Å². The number of rotatable bonds is 62. The van der Waals surface area contributed by atoms with E-state index in [9.17, 15) is 14.4 Å². The molecule has 1 atom stereocenters. The predicted molar refractivity (Wildman–Crippen MR) is 362 cm³/mol. The standard InChI is InChI=1S/C77H128O6/c1-4-7-10-13-16-19-22-24-26-28-30-32-34-35-36-37-38-39-40-41-43-44-46-48-50-52-55-58-61-64-67-70-76(79)82-73-74(72-81-75(78)69-66-63-60-57-54-21-18-15-12-9-6-3)83-77(80)71-68-65-62-59-56-53-51-49-47-45-42-33-31-29-27-25-23-20-17-14-11-8-5-2/h7,10,16,19,23-26,29-32,35-36,38-39,41-43,45-46,48,74H,4-6,8-9,11-15,17-18,20-22,27-28,33-34,37,40,44,47,49-73H2,1-3H3/b10-7-,19-16-,25-23-,26-24-,31-29-,32-30-,36-35-,39-38-,43-41-,45-42-,48-46-. The maximum absolute atomic E-state index is 12.9. The molecule has 0 aliphatic carbocycles. The summed E-state index contributed by atoms with van der Waals surface area (Å²) in [5, 5.41) is 0. The number of unbranched alkanes of at least 4 members (excludes halogenated alkanes) is 29. The lowest BCUT2D eigenvalue weighted by molar-refractivity contribution is -0.167. The van der Waals surface area contributed by atoms with Crippen molar-refractivity contribution in [1.82, 2.24) is 0 Å². The Morgan fingerprint density at radius 1 is 0.253 bits per heavy atom. The highest BCUT2D eigenvalue weighted by Gasteiger charge is 2.19. The van der Waals surface area contributed by atoms with Crippen LogP contribution in [0.2, 0.25) is 0 Å². The van der Waals surface area contributed by atoms with Gasteiger partial charge in [0, 0.05) is 19.3 Å². The van der Waals surface area contributed by atoms with Gasteiger partial charge in [0.2, 0.25) is 0 Å². The second kappa shape index (κ2) is 70.0. The molecule has 0 aliphatic heterocycles. The predicted octanol–water partition coefficient (Wildman–Crippen LogP) is 24.1. The quantitative estimate of drug-likeness (QED) is 0.0261. The van der Waals surface area contributed by atoms with Crippen LogP contribution in [0.25, 0.3) is 0 Å². The lowest BCUT2D eigenvalue weighted by atomic mass is 10.1. The average molecular weight is 1150 g/mol. The van der Waals surface area contributed by atoms with Gasteiger partial charge in [0.25, 0.3) is 0 Å². The van der Waals surface area contributed by atoms with Crippen LogP contribution in [0.4, 0.5) is 0 Å². The van der Waals surface area contributed by atoms with Gasteiger partial charge >= 0.3 is 17.9 Å². The van der Waals surface area contributed by atoms with E-state index in [4.69, 9.17) is 14.2 Å². The Hall–Kier alpha value is -4.45. The van der Waals surface area contributed by atoms with Gasteiger partial charge in [-0.1, -0.05) is 309 Å². The first-order valence-electron chi connectivity index (χ1n) is 34.7. The third-order valence-corrected chi connectivity index (χ3v) is 14.6. The van der Waals surface area contributed by atoms with Crippen molar-refractivity contribution in [2.24, 2.45) is 0 Å². The molecule has 0 amide bonds. The Morgan fingerprint density at radius 2 is 0.470 bits per heavy atom. The van der Waals surface area contributed by atoms with Gasteiger partial charge < -0.3 is 14.2 Å². The molecular formula is C77H128O6. The molecule has 0 fully saturated rings. The van der Waals surface area contributed by atoms with Crippen LogP contribution in [0.5, 0.6) is 0 Å². The van der Waals surface area contributed by atoms with E-state index in [0.717, 1.165) is 141 Å². The Labute approximate surface area is 513 Å². The molecule has 6 heteroatoms. The van der Waals surface area contributed by atoms with Gasteiger partial charge in [-0.15, -0.1) is 0 Å². The Kier molecular flexibility index (Phi) is 66.3. The fourth-order valence-electron chi connectivity index (χ4n) is 9.47. The minimum atomic E-state index is -0.792. The molecule has 0 rings (SSSR count). The van der Waals surface area contributed by atoms with Crippen molar-refractivity contribution in [3.05, 3.63) is 134 Å². The van der Waals surface area contributed by atoms with E-state index < -0.39 is 6.10 Å². The summed E-state index contributed by atoms with van der Waals surface area (Å²) in [4.78, 5) is 38.4. The third kappa shape index (κ3) is 68.2. The lowest BCUT2D eigenvalue weighted by Crippen LogP contribution is -2.30. The van der Waals surface area contributed by atoms with E-state index in [1.165, 1.54) is 135 Å². The Bertz CT molecular complexity index is 1750. The summed E-state index contributed by atoms with van der Waals surface area (Å²) in [7, 11) is 0. The number of carbonyl (C=O) groups is 3. The van der Waals surface area contributed by atoms with Crippen molar-refractivity contribution in [3.63, 3.8) is 0 Å². The summed E-state index contributed by atoms with van der Waals surface area (Å²) in [6, 6.07) is 0. The highest BCUT2D eigenvalue weighted by Crippen LogP contribution is 2.16. The number of allylic oxidation sites excluding steroid dienone is 22. The molecule has 0 saturated heterocycles. The van der Waals surface area contributed by atoms with Crippen molar-refractivity contribution in [2.45, 2.75) is 322 Å². The number of hydrogen-bond acceptors (Lipinski definition) is 6. The van der Waals surface area contributed by atoms with E-state index >= 15 is 0 Å². The van der Waals surface area contributed by atoms with Gasteiger partial charge in [0.15, 0.2) is 6.10 Å². The second-order valence-electron chi connectivity index (χ2n) is 22.7. The highest BCUT2D eigenvalue weighted by molar-refractivity contribution is 5.71. The molecule has 6 nitrogen and oxygen atoms in total. The van der Waals surface area contributed by atoms with Gasteiger partial charge in [0.1, 0.15) is 13.2 Å². The highest BCUT2D eigenvalue weighted by atomic mass is 16.6. The largest absolute Gasteiger partial charge is 0.462 e. The van der Waals surface area contributed by atoms with E-state index in [2.05, 4.69) is 154 Å². The summed E-state index contributed by atoms with van der Waals surface area (Å²) >= 11 is 0. The van der Waals surface area contributed by atoms with E-state index in [1.54, 1.807) is 0 Å². The van der Waals surface area contributed by atoms with Crippen molar-refractivity contribution in [3.8, 4) is 0 Å².